The summed E-state index contributed by atoms with van der Waals surface area (Å²) in [4.78, 5) is 12.3. The molecule has 1 aromatic carbocycles. The van der Waals surface area contributed by atoms with Crippen LogP contribution in [0.1, 0.15) is 30.9 Å². The lowest BCUT2D eigenvalue weighted by Crippen LogP contribution is -2.28. The highest BCUT2D eigenvalue weighted by molar-refractivity contribution is 5.62. The molecule has 2 atom stereocenters. The van der Waals surface area contributed by atoms with E-state index in [9.17, 15) is 9.90 Å². The number of aromatic amines is 1. The molecule has 0 spiro atoms. The van der Waals surface area contributed by atoms with Crippen molar-refractivity contribution in [2.24, 2.45) is 0 Å². The summed E-state index contributed by atoms with van der Waals surface area (Å²) in [6.45, 7) is 1.83. The van der Waals surface area contributed by atoms with Gasteiger partial charge in [0.15, 0.2) is 0 Å². The molecule has 1 fully saturated rings. The Hall–Kier alpha value is -1.81. The van der Waals surface area contributed by atoms with Gasteiger partial charge in [-0.05, 0) is 31.7 Å². The summed E-state index contributed by atoms with van der Waals surface area (Å²) in [7, 11) is 0. The smallest absolute Gasteiger partial charge is 0.270 e. The zero-order valence-corrected chi connectivity index (χ0v) is 11.0. The van der Waals surface area contributed by atoms with Crippen LogP contribution in [0, 0.1) is 6.92 Å². The minimum atomic E-state index is -0.417. The number of nitrogens with one attached hydrogen (secondary N) is 1. The lowest BCUT2D eigenvalue weighted by atomic mass is 10.1. The van der Waals surface area contributed by atoms with Gasteiger partial charge in [0, 0.05) is 5.56 Å². The van der Waals surface area contributed by atoms with Crippen molar-refractivity contribution in [2.45, 2.75) is 38.3 Å². The SMILES string of the molecule is Cc1c(-c2ccccc2)[nH]n(C2CCCC2O)c1=O. The molecule has 2 unspecified atom stereocenters. The van der Waals surface area contributed by atoms with Crippen molar-refractivity contribution in [3.05, 3.63) is 46.2 Å². The molecule has 0 radical (unpaired) electrons. The summed E-state index contributed by atoms with van der Waals surface area (Å²) < 4.78 is 1.61. The average molecular weight is 258 g/mol. The van der Waals surface area contributed by atoms with E-state index in [0.717, 1.165) is 30.5 Å². The third-order valence-corrected chi connectivity index (χ3v) is 3.98. The molecule has 0 saturated heterocycles. The first-order valence-corrected chi connectivity index (χ1v) is 6.73. The first-order chi connectivity index (χ1) is 9.18. The van der Waals surface area contributed by atoms with E-state index in [-0.39, 0.29) is 11.6 Å². The van der Waals surface area contributed by atoms with Crippen molar-refractivity contribution >= 4 is 0 Å². The number of aromatic nitrogens is 2. The van der Waals surface area contributed by atoms with Gasteiger partial charge in [0.05, 0.1) is 17.8 Å². The standard InChI is InChI=1S/C15H18N2O2/c1-10-14(11-6-3-2-4-7-11)16-17(15(10)19)12-8-5-9-13(12)18/h2-4,6-7,12-13,16,18H,5,8-9H2,1H3. The molecule has 4 nitrogen and oxygen atoms in total. The Labute approximate surface area is 111 Å². The van der Waals surface area contributed by atoms with E-state index in [0.29, 0.717) is 5.56 Å². The molecule has 3 rings (SSSR count). The summed E-state index contributed by atoms with van der Waals surface area (Å²) >= 11 is 0. The number of hydrogen-bond donors (Lipinski definition) is 2. The molecule has 2 N–H and O–H groups in total. The van der Waals surface area contributed by atoms with Gasteiger partial charge in [-0.2, -0.15) is 0 Å². The van der Waals surface area contributed by atoms with Gasteiger partial charge in [0.25, 0.3) is 5.56 Å². The highest BCUT2D eigenvalue weighted by atomic mass is 16.3. The molecule has 19 heavy (non-hydrogen) atoms. The maximum Gasteiger partial charge on any atom is 0.270 e. The molecule has 1 aliphatic carbocycles. The van der Waals surface area contributed by atoms with Crippen molar-refractivity contribution < 1.29 is 5.11 Å². The van der Waals surface area contributed by atoms with Crippen LogP contribution in [-0.4, -0.2) is 21.0 Å². The number of aliphatic hydroxyl groups excluding tert-OH is 1. The maximum absolute atomic E-state index is 12.3. The van der Waals surface area contributed by atoms with Crippen LogP contribution in [0.25, 0.3) is 11.3 Å². The first kappa shape index (κ1) is 12.2. The third-order valence-electron chi connectivity index (χ3n) is 3.98. The van der Waals surface area contributed by atoms with Gasteiger partial charge in [-0.1, -0.05) is 30.3 Å². The van der Waals surface area contributed by atoms with Gasteiger partial charge in [-0.3, -0.25) is 9.89 Å². The Morgan fingerprint density at radius 1 is 1.26 bits per heavy atom. The summed E-state index contributed by atoms with van der Waals surface area (Å²) in [6, 6.07) is 9.71. The van der Waals surface area contributed by atoms with Crippen LogP contribution >= 0.6 is 0 Å². The van der Waals surface area contributed by atoms with Crippen molar-refractivity contribution in [3.8, 4) is 11.3 Å². The molecule has 0 aliphatic heterocycles. The second-order valence-electron chi connectivity index (χ2n) is 5.22. The van der Waals surface area contributed by atoms with E-state index in [2.05, 4.69) is 5.10 Å². The minimum Gasteiger partial charge on any atom is -0.391 e. The third kappa shape index (κ3) is 2.02. The van der Waals surface area contributed by atoms with Crippen molar-refractivity contribution in [2.75, 3.05) is 0 Å². The Bertz CT molecular complexity index is 627. The number of rotatable bonds is 2. The second kappa shape index (κ2) is 4.70. The van der Waals surface area contributed by atoms with E-state index in [1.165, 1.54) is 0 Å². The number of benzene rings is 1. The average Bonchev–Trinajstić information content (AvgIpc) is 2.97. The highest BCUT2D eigenvalue weighted by Crippen LogP contribution is 2.30. The number of aliphatic hydroxyl groups is 1. The zero-order valence-electron chi connectivity index (χ0n) is 11.0. The number of hydrogen-bond acceptors (Lipinski definition) is 2. The molecular weight excluding hydrogens is 240 g/mol. The van der Waals surface area contributed by atoms with Gasteiger partial charge >= 0.3 is 0 Å². The lowest BCUT2D eigenvalue weighted by molar-refractivity contribution is 0.128. The second-order valence-corrected chi connectivity index (χ2v) is 5.22. The van der Waals surface area contributed by atoms with E-state index >= 15 is 0 Å². The zero-order chi connectivity index (χ0) is 13.4. The van der Waals surface area contributed by atoms with E-state index in [1.54, 1.807) is 4.68 Å². The summed E-state index contributed by atoms with van der Waals surface area (Å²) in [5.74, 6) is 0. The molecular formula is C15H18N2O2. The van der Waals surface area contributed by atoms with Crippen molar-refractivity contribution in [1.29, 1.82) is 0 Å². The molecule has 1 saturated carbocycles. The predicted octanol–water partition coefficient (Wildman–Crippen LogP) is 2.24. The van der Waals surface area contributed by atoms with Gasteiger partial charge in [0.2, 0.25) is 0 Å². The van der Waals surface area contributed by atoms with Gasteiger partial charge in [-0.15, -0.1) is 0 Å². The molecule has 1 aromatic heterocycles. The Morgan fingerprint density at radius 2 is 2.00 bits per heavy atom. The Kier molecular flexibility index (Phi) is 3.03. The van der Waals surface area contributed by atoms with E-state index in [4.69, 9.17) is 0 Å². The fraction of sp³-hybridized carbons (Fsp3) is 0.400. The normalized spacial score (nSPS) is 22.8. The summed E-state index contributed by atoms with van der Waals surface area (Å²) in [5.41, 5.74) is 2.54. The van der Waals surface area contributed by atoms with Crippen LogP contribution in [-0.2, 0) is 0 Å². The number of H-pyrrole nitrogens is 1. The monoisotopic (exact) mass is 258 g/mol. The number of nitrogens with zero attached hydrogens (tertiary/aromatic N) is 1. The largest absolute Gasteiger partial charge is 0.391 e. The quantitative estimate of drug-likeness (QED) is 0.868. The van der Waals surface area contributed by atoms with Crippen LogP contribution in [0.3, 0.4) is 0 Å². The highest BCUT2D eigenvalue weighted by Gasteiger charge is 2.29. The van der Waals surface area contributed by atoms with Crippen LogP contribution in [0.4, 0.5) is 0 Å². The van der Waals surface area contributed by atoms with Crippen LogP contribution in [0.5, 0.6) is 0 Å². The van der Waals surface area contributed by atoms with Crippen LogP contribution in [0.2, 0.25) is 0 Å². The molecule has 1 aliphatic rings. The Morgan fingerprint density at radius 3 is 2.63 bits per heavy atom. The molecule has 100 valence electrons. The molecule has 0 bridgehead atoms. The molecule has 0 amide bonds. The lowest BCUT2D eigenvalue weighted by Gasteiger charge is -2.14. The maximum atomic E-state index is 12.3. The van der Waals surface area contributed by atoms with Crippen LogP contribution in [0.15, 0.2) is 35.1 Å². The topological polar surface area (TPSA) is 58.0 Å². The van der Waals surface area contributed by atoms with Gasteiger partial charge in [0.1, 0.15) is 0 Å². The molecule has 1 heterocycles. The first-order valence-electron chi connectivity index (χ1n) is 6.73. The summed E-state index contributed by atoms with van der Waals surface area (Å²) in [5, 5.41) is 13.1. The fourth-order valence-electron chi connectivity index (χ4n) is 2.88. The van der Waals surface area contributed by atoms with Crippen LogP contribution < -0.4 is 5.56 Å². The predicted molar refractivity (Wildman–Crippen MR) is 74.1 cm³/mol. The van der Waals surface area contributed by atoms with Gasteiger partial charge < -0.3 is 5.11 Å². The molecule has 2 aromatic rings. The van der Waals surface area contributed by atoms with E-state index < -0.39 is 6.10 Å². The summed E-state index contributed by atoms with van der Waals surface area (Å²) in [6.07, 6.45) is 2.18. The van der Waals surface area contributed by atoms with Gasteiger partial charge in [-0.25, -0.2) is 4.68 Å². The van der Waals surface area contributed by atoms with E-state index in [1.807, 2.05) is 37.3 Å². The Balaban J connectivity index is 2.07. The van der Waals surface area contributed by atoms with Crippen molar-refractivity contribution in [3.63, 3.8) is 0 Å². The van der Waals surface area contributed by atoms with Crippen molar-refractivity contribution in [1.82, 2.24) is 9.78 Å². The minimum absolute atomic E-state index is 0.0233. The molecule has 4 heteroatoms. The fourth-order valence-corrected chi connectivity index (χ4v) is 2.88.